The molecule has 34 nitrogen and oxygen atoms in total. The zero-order valence-corrected chi connectivity index (χ0v) is 65.1. The van der Waals surface area contributed by atoms with Crippen LogP contribution in [-0.4, -0.2) is 193 Å². The summed E-state index contributed by atoms with van der Waals surface area (Å²) in [5, 5.41) is 41.5. The van der Waals surface area contributed by atoms with E-state index in [2.05, 4.69) is 78.4 Å². The first-order valence-corrected chi connectivity index (χ1v) is 38.5. The minimum Gasteiger partial charge on any atom is -0.394 e. The molecule has 0 unspecified atom stereocenters. The maximum Gasteiger partial charge on any atom is 0.279 e. The third-order valence-corrected chi connectivity index (χ3v) is 20.3. The zero-order chi connectivity index (χ0) is 82.6. The largest absolute Gasteiger partial charge is 0.394 e. The van der Waals surface area contributed by atoms with Gasteiger partial charge in [0.05, 0.1) is 37.5 Å². The van der Waals surface area contributed by atoms with Gasteiger partial charge in [-0.3, -0.25) is 67.1 Å². The van der Waals surface area contributed by atoms with Crippen LogP contribution in [0.15, 0.2) is 116 Å². The molecular weight excluding hydrogens is 1480 g/mol. The van der Waals surface area contributed by atoms with E-state index in [1.54, 1.807) is 79.1 Å². The molecule has 0 aliphatic heterocycles. The Hall–Kier alpha value is -11.7. The molecule has 0 saturated carbocycles. The van der Waals surface area contributed by atoms with E-state index < -0.39 is 185 Å². The first-order chi connectivity index (χ1) is 53.9. The van der Waals surface area contributed by atoms with Gasteiger partial charge in [0, 0.05) is 77.9 Å². The van der Waals surface area contributed by atoms with Gasteiger partial charge in [0.15, 0.2) is 0 Å². The first kappa shape index (κ1) is 88.5. The number of nitrogens with zero attached hydrogens (tertiary/aromatic N) is 1. The van der Waals surface area contributed by atoms with Crippen molar-refractivity contribution in [3.05, 3.63) is 138 Å². The standard InChI is InChI=1S/C78H105N19O15S/c1-8-43(6)66(77(111)92-60(38-98)72(106)87-37-63(100)89-58(31-51-36-83-40-88-51)73(107)91-59(32-62(80)99)71(105)86-35-50(70(104)95-64(41(2)3)68(82)102)29-48-33-84-54-22-13-11-20-52(48)54)97-74(108)56(28-45-24-25-46-18-9-10-19-47(46)27-45)94-78(112)113-39-61(67(81)101)93-76(110)65(42(4)5)96-75(109)57(90-69(103)44(7)17-15-16-26-79)30-49-34-85-55-23-14-12-21-53(49)55/h9-14,18-25,27,33-34,36,40-44,50,56-61,64-66,84-85,98H,8,15-17,26,28-32,35,37-39,79H2,1-7H3,(H2,80,99)(H2,81,101)(H2,82,102)(H,83,88)(H,86,105)(H,87,106)(H,89,100)(H,90,103)(H,91,107)(H,92,111)(H,93,110)(H,94,112)(H,95,104)(H,96,109)(H,97,108)/t43-,44-,50+,56+,57-,58-,59-,60-,61-,64+,65-,66-/m0/s1. The Morgan fingerprint density at radius 1 is 0.504 bits per heavy atom. The van der Waals surface area contributed by atoms with E-state index in [-0.39, 0.29) is 50.2 Å². The normalized spacial score (nSPS) is 14.6. The second-order valence-corrected chi connectivity index (χ2v) is 29.8. The molecule has 7 rings (SSSR count). The van der Waals surface area contributed by atoms with Crippen LogP contribution in [0.2, 0.25) is 0 Å². The number of hydrogen-bond acceptors (Lipinski definition) is 18. The van der Waals surface area contributed by atoms with E-state index in [9.17, 15) is 72.2 Å². The molecule has 12 atom stereocenters. The summed E-state index contributed by atoms with van der Waals surface area (Å²) in [4.78, 5) is 206. The van der Waals surface area contributed by atoms with Crippen LogP contribution in [0, 0.1) is 29.6 Å². The molecule has 113 heavy (non-hydrogen) atoms. The Morgan fingerprint density at radius 2 is 1.05 bits per heavy atom. The molecule has 608 valence electrons. The Labute approximate surface area is 657 Å². The van der Waals surface area contributed by atoms with Crippen molar-refractivity contribution in [2.45, 2.75) is 161 Å². The molecule has 0 fully saturated rings. The summed E-state index contributed by atoms with van der Waals surface area (Å²) in [7, 11) is 0. The topological polar surface area (TPSA) is 556 Å². The Bertz CT molecular complexity index is 4490. The molecule has 4 aromatic carbocycles. The smallest absolute Gasteiger partial charge is 0.279 e. The van der Waals surface area contributed by atoms with Crippen LogP contribution in [0.25, 0.3) is 32.6 Å². The molecular formula is C78H105N19O15S. The summed E-state index contributed by atoms with van der Waals surface area (Å²) in [6.45, 7) is 9.96. The summed E-state index contributed by atoms with van der Waals surface area (Å²) in [6.07, 6.45) is 7.20. The number of hydrogen-bond donors (Lipinski definition) is 19. The van der Waals surface area contributed by atoms with E-state index >= 15 is 0 Å². The zero-order valence-electron chi connectivity index (χ0n) is 64.3. The summed E-state index contributed by atoms with van der Waals surface area (Å²) < 4.78 is 0. The van der Waals surface area contributed by atoms with Gasteiger partial charge in [-0.05, 0) is 83.2 Å². The fourth-order valence-electron chi connectivity index (χ4n) is 12.6. The summed E-state index contributed by atoms with van der Waals surface area (Å²) >= 11 is 0.500. The lowest BCUT2D eigenvalue weighted by atomic mass is 9.96. The summed E-state index contributed by atoms with van der Waals surface area (Å²) in [6, 6.07) is 14.5. The average molecular weight is 1580 g/mol. The van der Waals surface area contributed by atoms with Crippen LogP contribution >= 0.6 is 11.8 Å². The van der Waals surface area contributed by atoms with Gasteiger partial charge in [0.2, 0.25) is 76.8 Å². The SMILES string of the molecule is CC[C@H](C)[C@H](NC(=O)[C@@H](Cc1ccc2ccccc2c1)NC(=O)SC[C@H](NC(=O)[C@@H](NC(=O)[C@H](Cc1c[nH]c2ccccc12)NC(=O)[C@@H](C)CCCCN)C(C)C)C(N)=O)C(=O)N[C@@H](CO)C(=O)NCC(=O)N[C@@H](Cc1c[nH]cn1)C(=O)N[C@@H](CC(N)=O)C(=O)NC[C@@H](Cc1c[nH]c2ccccc12)C(=O)N[C@@H](C(N)=O)C(C)C. The van der Waals surface area contributed by atoms with E-state index in [0.717, 1.165) is 38.1 Å². The van der Waals surface area contributed by atoms with E-state index in [4.69, 9.17) is 22.9 Å². The maximum atomic E-state index is 14.7. The molecule has 23 N–H and O–H groups in total. The first-order valence-electron chi connectivity index (χ1n) is 37.5. The fraction of sp³-hybridized carbons (Fsp3) is 0.449. The number of rotatable bonds is 45. The molecule has 35 heteroatoms. The number of aromatic nitrogens is 4. The lowest BCUT2D eigenvalue weighted by Gasteiger charge is -2.28. The molecule has 3 heterocycles. The molecule has 0 bridgehead atoms. The van der Waals surface area contributed by atoms with Crippen molar-refractivity contribution in [2.75, 3.05) is 32.0 Å². The Kier molecular flexibility index (Phi) is 33.8. The van der Waals surface area contributed by atoms with Crippen molar-refractivity contribution in [1.82, 2.24) is 78.4 Å². The second-order valence-electron chi connectivity index (χ2n) is 28.8. The number of unbranched alkanes of at least 4 members (excludes halogenated alkanes) is 1. The number of thioether (sulfide) groups is 1. The number of aromatic amines is 3. The third kappa shape index (κ3) is 26.5. The highest BCUT2D eigenvalue weighted by Crippen LogP contribution is 2.24. The maximum absolute atomic E-state index is 14.7. The minimum atomic E-state index is -1.76. The van der Waals surface area contributed by atoms with E-state index in [1.807, 2.05) is 72.8 Å². The fourth-order valence-corrected chi connectivity index (χ4v) is 13.4. The van der Waals surface area contributed by atoms with Crippen molar-refractivity contribution in [1.29, 1.82) is 0 Å². The monoisotopic (exact) mass is 1580 g/mol. The van der Waals surface area contributed by atoms with Gasteiger partial charge < -0.3 is 101 Å². The number of benzene rings is 4. The molecule has 0 aliphatic rings. The summed E-state index contributed by atoms with van der Waals surface area (Å²) in [5.41, 5.74) is 26.5. The molecule has 0 spiro atoms. The lowest BCUT2D eigenvalue weighted by molar-refractivity contribution is -0.135. The van der Waals surface area contributed by atoms with Gasteiger partial charge in [-0.2, -0.15) is 0 Å². The van der Waals surface area contributed by atoms with Gasteiger partial charge in [-0.15, -0.1) is 0 Å². The molecule has 3 aromatic heterocycles. The number of fused-ring (bicyclic) bond motifs is 3. The lowest BCUT2D eigenvalue weighted by Crippen LogP contribution is -2.60. The average Bonchev–Trinajstić information content (AvgIpc) is 1.73. The number of carbonyl (C=O) groups excluding carboxylic acids is 14. The van der Waals surface area contributed by atoms with Crippen LogP contribution in [0.3, 0.4) is 0 Å². The highest BCUT2D eigenvalue weighted by Gasteiger charge is 2.37. The third-order valence-electron chi connectivity index (χ3n) is 19.4. The molecule has 0 aliphatic carbocycles. The number of para-hydroxylation sites is 2. The Balaban J connectivity index is 0.998. The van der Waals surface area contributed by atoms with E-state index in [1.165, 1.54) is 12.5 Å². The van der Waals surface area contributed by atoms with Crippen molar-refractivity contribution >= 4 is 126 Å². The number of amides is 14. The molecule has 0 radical (unpaired) electrons. The van der Waals surface area contributed by atoms with Gasteiger partial charge in [-0.1, -0.05) is 152 Å². The van der Waals surface area contributed by atoms with Crippen LogP contribution in [0.1, 0.15) is 103 Å². The Morgan fingerprint density at radius 3 is 1.65 bits per heavy atom. The van der Waals surface area contributed by atoms with Gasteiger partial charge in [-0.25, -0.2) is 4.98 Å². The van der Waals surface area contributed by atoms with E-state index in [0.29, 0.717) is 48.7 Å². The van der Waals surface area contributed by atoms with Crippen molar-refractivity contribution in [2.24, 2.45) is 52.5 Å². The minimum absolute atomic E-state index is 0.0462. The summed E-state index contributed by atoms with van der Waals surface area (Å²) in [5.74, 6) is -14.9. The number of nitrogens with two attached hydrogens (primary N) is 4. The molecule has 14 amide bonds. The van der Waals surface area contributed by atoms with Crippen molar-refractivity contribution in [3.63, 3.8) is 0 Å². The number of carbonyl (C=O) groups is 14. The number of primary amides is 3. The van der Waals surface area contributed by atoms with Crippen LogP contribution in [-0.2, 0) is 88.0 Å². The quantitative estimate of drug-likeness (QED) is 0.0228. The number of aliphatic hydroxyl groups is 1. The highest BCUT2D eigenvalue weighted by atomic mass is 32.2. The van der Waals surface area contributed by atoms with Gasteiger partial charge >= 0.3 is 0 Å². The van der Waals surface area contributed by atoms with Crippen LogP contribution in [0.5, 0.6) is 0 Å². The van der Waals surface area contributed by atoms with Crippen molar-refractivity contribution in [3.8, 4) is 0 Å². The number of H-pyrrole nitrogens is 3. The predicted molar refractivity (Wildman–Crippen MR) is 424 cm³/mol. The second kappa shape index (κ2) is 43.2. The van der Waals surface area contributed by atoms with Gasteiger partial charge in [0.1, 0.15) is 54.4 Å². The van der Waals surface area contributed by atoms with Crippen LogP contribution in [0.4, 0.5) is 4.79 Å². The van der Waals surface area contributed by atoms with Crippen LogP contribution < -0.4 is 81.4 Å². The molecule has 0 saturated heterocycles. The molecule has 7 aromatic rings. The van der Waals surface area contributed by atoms with Crippen molar-refractivity contribution < 1.29 is 72.2 Å². The number of aliphatic hydroxyl groups excluding tert-OH is 1. The van der Waals surface area contributed by atoms with Gasteiger partial charge in [0.25, 0.3) is 5.24 Å². The highest BCUT2D eigenvalue weighted by molar-refractivity contribution is 8.13. The number of imidazole rings is 1. The number of nitrogens with one attached hydrogen (secondary N) is 14. The predicted octanol–water partition coefficient (Wildman–Crippen LogP) is 0.296.